The maximum Gasteiger partial charge on any atom is 0.315 e. The van der Waals surface area contributed by atoms with E-state index in [9.17, 15) is 4.79 Å². The van der Waals surface area contributed by atoms with E-state index < -0.39 is 0 Å². The summed E-state index contributed by atoms with van der Waals surface area (Å²) in [5.74, 6) is 0. The summed E-state index contributed by atoms with van der Waals surface area (Å²) in [6, 6.07) is 3.41. The van der Waals surface area contributed by atoms with E-state index in [0.29, 0.717) is 12.6 Å². The van der Waals surface area contributed by atoms with Crippen LogP contribution in [0.25, 0.3) is 0 Å². The summed E-state index contributed by atoms with van der Waals surface area (Å²) < 4.78 is 2.47. The van der Waals surface area contributed by atoms with Crippen LogP contribution in [0.5, 0.6) is 0 Å². The molecule has 2 aliphatic rings. The van der Waals surface area contributed by atoms with E-state index in [4.69, 9.17) is 0 Å². The van der Waals surface area contributed by atoms with Gasteiger partial charge >= 0.3 is 6.03 Å². The fraction of sp³-hybridized carbons (Fsp3) is 0.706. The summed E-state index contributed by atoms with van der Waals surface area (Å²) >= 11 is 0. The zero-order valence-electron chi connectivity index (χ0n) is 13.2. The number of nitrogens with one attached hydrogen (secondary N) is 2. The van der Waals surface area contributed by atoms with Gasteiger partial charge in [0, 0.05) is 30.0 Å². The van der Waals surface area contributed by atoms with Gasteiger partial charge in [-0.15, -0.1) is 0 Å². The lowest BCUT2D eigenvalue weighted by Gasteiger charge is -2.13. The Morgan fingerprint density at radius 1 is 1.24 bits per heavy atom. The van der Waals surface area contributed by atoms with Crippen molar-refractivity contribution < 1.29 is 4.79 Å². The third-order valence-corrected chi connectivity index (χ3v) is 4.87. The first-order valence-corrected chi connectivity index (χ1v) is 8.37. The van der Waals surface area contributed by atoms with Gasteiger partial charge in [0.25, 0.3) is 0 Å². The van der Waals surface area contributed by atoms with Crippen molar-refractivity contribution in [1.82, 2.24) is 15.2 Å². The summed E-state index contributed by atoms with van der Waals surface area (Å²) in [6.45, 7) is 5.11. The molecule has 0 aliphatic heterocycles. The van der Waals surface area contributed by atoms with Crippen LogP contribution in [0.1, 0.15) is 61.5 Å². The highest BCUT2D eigenvalue weighted by Crippen LogP contribution is 2.38. The molecule has 3 rings (SSSR count). The highest BCUT2D eigenvalue weighted by atomic mass is 16.2. The lowest BCUT2D eigenvalue weighted by molar-refractivity contribution is 0.237. The number of aryl methyl sites for hydroxylation is 1. The van der Waals surface area contributed by atoms with Crippen molar-refractivity contribution in [3.8, 4) is 0 Å². The van der Waals surface area contributed by atoms with Gasteiger partial charge in [0.2, 0.25) is 0 Å². The first kappa shape index (κ1) is 14.5. The van der Waals surface area contributed by atoms with Crippen LogP contribution in [0.3, 0.4) is 0 Å². The highest BCUT2D eigenvalue weighted by Gasteiger charge is 2.26. The van der Waals surface area contributed by atoms with E-state index in [2.05, 4.69) is 35.1 Å². The molecule has 2 N–H and O–H groups in total. The predicted octanol–water partition coefficient (Wildman–Crippen LogP) is 3.22. The smallest absolute Gasteiger partial charge is 0.315 e. The minimum atomic E-state index is -0.00194. The van der Waals surface area contributed by atoms with Crippen molar-refractivity contribution in [2.75, 3.05) is 6.54 Å². The summed E-state index contributed by atoms with van der Waals surface area (Å²) in [5, 5.41) is 6.07. The maximum atomic E-state index is 11.8. The summed E-state index contributed by atoms with van der Waals surface area (Å²) in [5.41, 5.74) is 4.12. The van der Waals surface area contributed by atoms with Gasteiger partial charge in [-0.05, 0) is 57.6 Å². The van der Waals surface area contributed by atoms with Crippen LogP contribution in [0.4, 0.5) is 4.79 Å². The van der Waals surface area contributed by atoms with Crippen molar-refractivity contribution >= 4 is 6.03 Å². The van der Waals surface area contributed by atoms with Gasteiger partial charge in [-0.1, -0.05) is 12.8 Å². The first-order valence-electron chi connectivity index (χ1n) is 8.37. The largest absolute Gasteiger partial charge is 0.346 e. The normalized spacial score (nSPS) is 19.0. The highest BCUT2D eigenvalue weighted by molar-refractivity contribution is 5.74. The molecule has 116 valence electrons. The molecule has 2 fully saturated rings. The number of aromatic nitrogens is 1. The molecule has 2 amide bonds. The molecule has 0 spiro atoms. The predicted molar refractivity (Wildman–Crippen MR) is 84.7 cm³/mol. The Labute approximate surface area is 127 Å². The Hall–Kier alpha value is -1.45. The number of urea groups is 1. The molecule has 4 heteroatoms. The molecule has 0 saturated heterocycles. The number of nitrogens with zero attached hydrogens (tertiary/aromatic N) is 1. The van der Waals surface area contributed by atoms with Crippen LogP contribution < -0.4 is 10.6 Å². The molecule has 21 heavy (non-hydrogen) atoms. The fourth-order valence-electron chi connectivity index (χ4n) is 3.61. The van der Waals surface area contributed by atoms with E-state index in [1.807, 2.05) is 0 Å². The van der Waals surface area contributed by atoms with E-state index in [0.717, 1.165) is 25.3 Å². The molecule has 1 heterocycles. The molecule has 1 aromatic rings. The number of carbonyl (C=O) groups is 1. The van der Waals surface area contributed by atoms with E-state index in [1.54, 1.807) is 0 Å². The van der Waals surface area contributed by atoms with E-state index in [-0.39, 0.29) is 6.03 Å². The molecule has 0 radical (unpaired) electrons. The monoisotopic (exact) mass is 289 g/mol. The molecular weight excluding hydrogens is 262 g/mol. The van der Waals surface area contributed by atoms with Crippen molar-refractivity contribution in [1.29, 1.82) is 0 Å². The number of rotatable bonds is 5. The third kappa shape index (κ3) is 3.42. The Morgan fingerprint density at radius 2 is 1.95 bits per heavy atom. The molecule has 4 nitrogen and oxygen atoms in total. The van der Waals surface area contributed by atoms with Crippen LogP contribution >= 0.6 is 0 Å². The van der Waals surface area contributed by atoms with Crippen LogP contribution in [-0.4, -0.2) is 23.2 Å². The third-order valence-electron chi connectivity index (χ3n) is 4.87. The van der Waals surface area contributed by atoms with Crippen LogP contribution in [-0.2, 0) is 6.42 Å². The summed E-state index contributed by atoms with van der Waals surface area (Å²) in [4.78, 5) is 11.8. The van der Waals surface area contributed by atoms with Gasteiger partial charge < -0.3 is 15.2 Å². The SMILES string of the molecule is Cc1cc(CCNC(=O)NC2CCCC2)c(C)n1C1CC1. The van der Waals surface area contributed by atoms with Gasteiger partial charge in [-0.2, -0.15) is 0 Å². The molecule has 0 bridgehead atoms. The van der Waals surface area contributed by atoms with E-state index >= 15 is 0 Å². The molecule has 0 atom stereocenters. The fourth-order valence-corrected chi connectivity index (χ4v) is 3.61. The standard InChI is InChI=1S/C17H27N3O/c1-12-11-14(13(2)20(12)16-7-8-16)9-10-18-17(21)19-15-5-3-4-6-15/h11,15-16H,3-10H2,1-2H3,(H2,18,19,21). The molecule has 0 aromatic carbocycles. The molecule has 2 aliphatic carbocycles. The summed E-state index contributed by atoms with van der Waals surface area (Å²) in [6.07, 6.45) is 8.32. The van der Waals surface area contributed by atoms with Crippen LogP contribution in [0.2, 0.25) is 0 Å². The van der Waals surface area contributed by atoms with Gasteiger partial charge in [-0.25, -0.2) is 4.79 Å². The maximum absolute atomic E-state index is 11.8. The molecule has 1 aromatic heterocycles. The number of carbonyl (C=O) groups excluding carboxylic acids is 1. The molecular formula is C17H27N3O. The number of hydrogen-bond acceptors (Lipinski definition) is 1. The number of amides is 2. The van der Waals surface area contributed by atoms with Crippen molar-refractivity contribution in [3.05, 3.63) is 23.0 Å². The van der Waals surface area contributed by atoms with Crippen LogP contribution in [0, 0.1) is 13.8 Å². The first-order chi connectivity index (χ1) is 10.1. The van der Waals surface area contributed by atoms with Gasteiger partial charge in [0.05, 0.1) is 0 Å². The Bertz CT molecular complexity index is 510. The van der Waals surface area contributed by atoms with Gasteiger partial charge in [0.15, 0.2) is 0 Å². The second kappa shape index (κ2) is 6.12. The molecule has 2 saturated carbocycles. The average molecular weight is 289 g/mol. The Balaban J connectivity index is 1.46. The van der Waals surface area contributed by atoms with Crippen molar-refractivity contribution in [2.24, 2.45) is 0 Å². The quantitative estimate of drug-likeness (QED) is 0.859. The molecule has 0 unspecified atom stereocenters. The van der Waals surface area contributed by atoms with Gasteiger partial charge in [-0.3, -0.25) is 0 Å². The minimum Gasteiger partial charge on any atom is -0.346 e. The number of hydrogen-bond donors (Lipinski definition) is 2. The van der Waals surface area contributed by atoms with Crippen molar-refractivity contribution in [2.45, 2.75) is 70.9 Å². The zero-order valence-corrected chi connectivity index (χ0v) is 13.2. The van der Waals surface area contributed by atoms with Gasteiger partial charge in [0.1, 0.15) is 0 Å². The van der Waals surface area contributed by atoms with E-state index in [1.165, 1.54) is 42.6 Å². The average Bonchev–Trinajstić information content (AvgIpc) is 3.06. The lowest BCUT2D eigenvalue weighted by atomic mass is 10.2. The van der Waals surface area contributed by atoms with Crippen molar-refractivity contribution in [3.63, 3.8) is 0 Å². The Morgan fingerprint density at radius 3 is 2.62 bits per heavy atom. The second-order valence-corrected chi connectivity index (χ2v) is 6.63. The lowest BCUT2D eigenvalue weighted by Crippen LogP contribution is -2.41. The topological polar surface area (TPSA) is 46.1 Å². The summed E-state index contributed by atoms with van der Waals surface area (Å²) in [7, 11) is 0. The Kier molecular flexibility index (Phi) is 4.22. The van der Waals surface area contributed by atoms with Crippen LogP contribution in [0.15, 0.2) is 6.07 Å². The zero-order chi connectivity index (χ0) is 14.8. The minimum absolute atomic E-state index is 0.00194. The second-order valence-electron chi connectivity index (χ2n) is 6.63.